The Morgan fingerprint density at radius 3 is 2.42 bits per heavy atom. The summed E-state index contributed by atoms with van der Waals surface area (Å²) in [5.74, 6) is -0.481. The van der Waals surface area contributed by atoms with Gasteiger partial charge in [0.05, 0.1) is 19.0 Å². The van der Waals surface area contributed by atoms with Crippen molar-refractivity contribution in [3.05, 3.63) is 78.7 Å². The van der Waals surface area contributed by atoms with E-state index in [-0.39, 0.29) is 23.8 Å². The SMILES string of the molecule is C=CCN1C(=O)/C(=C/c2cc(Br)c(OCc3ccc(Cl)c(Cl)c3)c(Br)c2)C(=O)NC1=S. The molecule has 5 nitrogen and oxygen atoms in total. The topological polar surface area (TPSA) is 58.6 Å². The first-order chi connectivity index (χ1) is 14.7. The Bertz CT molecular complexity index is 1110. The average molecular weight is 605 g/mol. The number of ether oxygens (including phenoxy) is 1. The number of hydrogen-bond acceptors (Lipinski definition) is 4. The largest absolute Gasteiger partial charge is 0.487 e. The predicted molar refractivity (Wildman–Crippen MR) is 133 cm³/mol. The molecule has 1 fully saturated rings. The Balaban J connectivity index is 1.84. The molecule has 0 aliphatic carbocycles. The number of benzene rings is 2. The van der Waals surface area contributed by atoms with Gasteiger partial charge in [0.15, 0.2) is 5.11 Å². The van der Waals surface area contributed by atoms with Crippen LogP contribution < -0.4 is 10.1 Å². The molecule has 1 N–H and O–H groups in total. The summed E-state index contributed by atoms with van der Waals surface area (Å²) in [4.78, 5) is 26.3. The van der Waals surface area contributed by atoms with E-state index in [4.69, 9.17) is 40.2 Å². The monoisotopic (exact) mass is 602 g/mol. The standard InChI is InChI=1S/C21H14Br2Cl2N2O3S/c1-2-5-27-20(29)13(19(28)26-21(27)31)6-12-7-14(22)18(15(23)8-12)30-10-11-3-4-16(24)17(25)9-11/h2-4,6-9H,1,5,10H2,(H,26,28,31)/b13-6+. The number of halogens is 4. The van der Waals surface area contributed by atoms with Crippen LogP contribution in [0.25, 0.3) is 6.08 Å². The Kier molecular flexibility index (Phi) is 7.93. The number of carbonyl (C=O) groups is 2. The molecule has 160 valence electrons. The van der Waals surface area contributed by atoms with Gasteiger partial charge in [-0.1, -0.05) is 35.3 Å². The third kappa shape index (κ3) is 5.56. The second-order valence-corrected chi connectivity index (χ2v) is 9.28. The van der Waals surface area contributed by atoms with Crippen LogP contribution in [-0.2, 0) is 16.2 Å². The van der Waals surface area contributed by atoms with Crippen molar-refractivity contribution < 1.29 is 14.3 Å². The van der Waals surface area contributed by atoms with E-state index in [1.54, 1.807) is 24.3 Å². The van der Waals surface area contributed by atoms with Crippen molar-refractivity contribution >= 4 is 90.3 Å². The summed E-state index contributed by atoms with van der Waals surface area (Å²) in [5, 5.41) is 3.49. The highest BCUT2D eigenvalue weighted by Gasteiger charge is 2.32. The van der Waals surface area contributed by atoms with E-state index in [2.05, 4.69) is 43.8 Å². The molecule has 0 atom stereocenters. The van der Waals surface area contributed by atoms with Gasteiger partial charge in [0.2, 0.25) is 0 Å². The van der Waals surface area contributed by atoms with E-state index in [1.807, 2.05) is 6.07 Å². The van der Waals surface area contributed by atoms with E-state index in [0.29, 0.717) is 30.3 Å². The molecule has 1 heterocycles. The molecule has 0 saturated carbocycles. The van der Waals surface area contributed by atoms with Gasteiger partial charge in [-0.3, -0.25) is 19.8 Å². The van der Waals surface area contributed by atoms with Crippen LogP contribution in [0.2, 0.25) is 10.0 Å². The smallest absolute Gasteiger partial charge is 0.265 e. The van der Waals surface area contributed by atoms with Crippen LogP contribution in [0.5, 0.6) is 5.75 Å². The Morgan fingerprint density at radius 2 is 1.81 bits per heavy atom. The van der Waals surface area contributed by atoms with E-state index in [1.165, 1.54) is 17.1 Å². The summed E-state index contributed by atoms with van der Waals surface area (Å²) >= 11 is 24.0. The minimum atomic E-state index is -0.553. The normalized spacial score (nSPS) is 15.3. The first-order valence-electron chi connectivity index (χ1n) is 8.76. The van der Waals surface area contributed by atoms with E-state index in [0.717, 1.165) is 5.56 Å². The fraction of sp³-hybridized carbons (Fsp3) is 0.0952. The highest BCUT2D eigenvalue weighted by Crippen LogP contribution is 2.36. The zero-order valence-electron chi connectivity index (χ0n) is 15.8. The number of nitrogens with one attached hydrogen (secondary N) is 1. The molecule has 1 aliphatic rings. The fourth-order valence-corrected chi connectivity index (χ4v) is 4.76. The van der Waals surface area contributed by atoms with Gasteiger partial charge < -0.3 is 4.74 Å². The summed E-state index contributed by atoms with van der Waals surface area (Å²) in [6.07, 6.45) is 3.03. The molecule has 0 radical (unpaired) electrons. The maximum Gasteiger partial charge on any atom is 0.265 e. The third-order valence-corrected chi connectivity index (χ3v) is 6.44. The minimum Gasteiger partial charge on any atom is -0.487 e. The van der Waals surface area contributed by atoms with Gasteiger partial charge in [0.25, 0.3) is 11.8 Å². The van der Waals surface area contributed by atoms with Crippen molar-refractivity contribution in [3.63, 3.8) is 0 Å². The molecule has 2 aromatic carbocycles. The first-order valence-corrected chi connectivity index (χ1v) is 11.5. The molecular weight excluding hydrogens is 591 g/mol. The number of hydrogen-bond donors (Lipinski definition) is 1. The molecule has 2 amide bonds. The predicted octanol–water partition coefficient (Wildman–Crippen LogP) is 5.91. The molecule has 31 heavy (non-hydrogen) atoms. The van der Waals surface area contributed by atoms with Crippen LogP contribution in [0.3, 0.4) is 0 Å². The van der Waals surface area contributed by atoms with Crippen LogP contribution in [0.15, 0.2) is 57.5 Å². The number of rotatable bonds is 6. The van der Waals surface area contributed by atoms with Gasteiger partial charge in [-0.15, -0.1) is 6.58 Å². The molecule has 1 aliphatic heterocycles. The zero-order valence-corrected chi connectivity index (χ0v) is 21.3. The summed E-state index contributed by atoms with van der Waals surface area (Å²) in [7, 11) is 0. The molecule has 0 bridgehead atoms. The molecule has 0 aromatic heterocycles. The van der Waals surface area contributed by atoms with Gasteiger partial charge >= 0.3 is 0 Å². The lowest BCUT2D eigenvalue weighted by atomic mass is 10.1. The summed E-state index contributed by atoms with van der Waals surface area (Å²) in [6.45, 7) is 4.07. The van der Waals surface area contributed by atoms with Gasteiger partial charge in [-0.25, -0.2) is 0 Å². The lowest BCUT2D eigenvalue weighted by molar-refractivity contribution is -0.128. The molecule has 0 unspecified atom stereocenters. The van der Waals surface area contributed by atoms with Crippen LogP contribution in [-0.4, -0.2) is 28.4 Å². The Labute approximate surface area is 211 Å². The second-order valence-electron chi connectivity index (χ2n) is 6.37. The van der Waals surface area contributed by atoms with Crippen molar-refractivity contribution in [1.29, 1.82) is 0 Å². The van der Waals surface area contributed by atoms with Gasteiger partial charge in [0, 0.05) is 6.54 Å². The number of carbonyl (C=O) groups excluding carboxylic acids is 2. The number of nitrogens with zero attached hydrogens (tertiary/aromatic N) is 1. The molecule has 10 heteroatoms. The first kappa shape index (κ1) is 23.9. The minimum absolute atomic E-state index is 0.0290. The lowest BCUT2D eigenvalue weighted by Gasteiger charge is -2.27. The van der Waals surface area contributed by atoms with Crippen molar-refractivity contribution in [3.8, 4) is 5.75 Å². The number of thiocarbonyl (C=S) groups is 1. The third-order valence-electron chi connectivity index (χ3n) is 4.20. The maximum absolute atomic E-state index is 12.7. The van der Waals surface area contributed by atoms with Crippen molar-refractivity contribution in [1.82, 2.24) is 10.2 Å². The van der Waals surface area contributed by atoms with E-state index in [9.17, 15) is 9.59 Å². The van der Waals surface area contributed by atoms with Crippen molar-refractivity contribution in [2.24, 2.45) is 0 Å². The van der Waals surface area contributed by atoms with Gasteiger partial charge in [-0.05, 0) is 85.5 Å². The van der Waals surface area contributed by atoms with Crippen molar-refractivity contribution in [2.75, 3.05) is 6.54 Å². The Hall–Kier alpha value is -1.71. The second kappa shape index (κ2) is 10.3. The van der Waals surface area contributed by atoms with Crippen molar-refractivity contribution in [2.45, 2.75) is 6.61 Å². The van der Waals surface area contributed by atoms with Crippen LogP contribution >= 0.6 is 67.3 Å². The molecule has 0 spiro atoms. The summed E-state index contributed by atoms with van der Waals surface area (Å²) in [5.41, 5.74) is 1.44. The highest BCUT2D eigenvalue weighted by atomic mass is 79.9. The molecule has 2 aromatic rings. The lowest BCUT2D eigenvalue weighted by Crippen LogP contribution is -2.53. The summed E-state index contributed by atoms with van der Waals surface area (Å²) < 4.78 is 7.17. The molecule has 1 saturated heterocycles. The molecular formula is C21H14Br2Cl2N2O3S. The Morgan fingerprint density at radius 1 is 1.13 bits per heavy atom. The van der Waals surface area contributed by atoms with E-state index < -0.39 is 11.8 Å². The zero-order chi connectivity index (χ0) is 22.7. The highest BCUT2D eigenvalue weighted by molar-refractivity contribution is 9.11. The van der Waals surface area contributed by atoms with E-state index >= 15 is 0 Å². The average Bonchev–Trinajstić information content (AvgIpc) is 2.70. The quantitative estimate of drug-likeness (QED) is 0.193. The maximum atomic E-state index is 12.7. The van der Waals surface area contributed by atoms with Gasteiger partial charge in [0.1, 0.15) is 17.9 Å². The fourth-order valence-electron chi connectivity index (χ4n) is 2.74. The van der Waals surface area contributed by atoms with Crippen LogP contribution in [0.4, 0.5) is 0 Å². The molecule has 3 rings (SSSR count). The van der Waals surface area contributed by atoms with Crippen LogP contribution in [0.1, 0.15) is 11.1 Å². The van der Waals surface area contributed by atoms with Crippen LogP contribution in [0, 0.1) is 0 Å². The summed E-state index contributed by atoms with van der Waals surface area (Å²) in [6, 6.07) is 8.74. The van der Waals surface area contributed by atoms with Gasteiger partial charge in [-0.2, -0.15) is 0 Å². The number of amides is 2.